The van der Waals surface area contributed by atoms with Crippen molar-refractivity contribution in [1.82, 2.24) is 5.32 Å². The van der Waals surface area contributed by atoms with E-state index in [9.17, 15) is 4.79 Å². The number of nitrogens with one attached hydrogen (secondary N) is 1. The van der Waals surface area contributed by atoms with E-state index in [4.69, 9.17) is 0 Å². The van der Waals surface area contributed by atoms with Crippen molar-refractivity contribution in [2.45, 2.75) is 52.9 Å². The molecule has 0 atom stereocenters. The van der Waals surface area contributed by atoms with Crippen LogP contribution in [0.25, 0.3) is 0 Å². The Morgan fingerprint density at radius 2 is 1.94 bits per heavy atom. The molecule has 0 bridgehead atoms. The Bertz CT molecular complexity index is 249. The van der Waals surface area contributed by atoms with Crippen molar-refractivity contribution in [2.75, 3.05) is 6.54 Å². The Kier molecular flexibility index (Phi) is 5.58. The van der Waals surface area contributed by atoms with Gasteiger partial charge < -0.3 is 5.32 Å². The van der Waals surface area contributed by atoms with Gasteiger partial charge in [-0.1, -0.05) is 25.5 Å². The third-order valence-electron chi connectivity index (χ3n) is 3.48. The summed E-state index contributed by atoms with van der Waals surface area (Å²) in [5.41, 5.74) is 1.26. The third kappa shape index (κ3) is 4.38. The van der Waals surface area contributed by atoms with Gasteiger partial charge in [0.1, 0.15) is 0 Å². The van der Waals surface area contributed by atoms with Crippen molar-refractivity contribution in [1.29, 1.82) is 0 Å². The van der Waals surface area contributed by atoms with Gasteiger partial charge in [0.2, 0.25) is 5.91 Å². The molecule has 0 spiro atoms. The van der Waals surface area contributed by atoms with E-state index >= 15 is 0 Å². The fourth-order valence-corrected chi connectivity index (χ4v) is 2.31. The minimum absolute atomic E-state index is 0.260. The summed E-state index contributed by atoms with van der Waals surface area (Å²) in [6.45, 7) is 7.20. The molecule has 0 aromatic heterocycles. The Morgan fingerprint density at radius 3 is 2.50 bits per heavy atom. The fraction of sp³-hybridized carbons (Fsp3) is 0.786. The SMILES string of the molecule is CC/C=C(/C)CNC(=O)C1CCC(C)CC1. The lowest BCUT2D eigenvalue weighted by atomic mass is 9.82. The molecule has 1 saturated carbocycles. The third-order valence-corrected chi connectivity index (χ3v) is 3.48. The van der Waals surface area contributed by atoms with E-state index in [0.717, 1.165) is 31.7 Å². The molecule has 2 nitrogen and oxygen atoms in total. The average Bonchev–Trinajstić information content (AvgIpc) is 2.27. The lowest BCUT2D eigenvalue weighted by Crippen LogP contribution is -2.33. The molecule has 1 rings (SSSR count). The molecule has 1 aliphatic rings. The molecule has 0 saturated heterocycles. The van der Waals surface area contributed by atoms with Gasteiger partial charge >= 0.3 is 0 Å². The summed E-state index contributed by atoms with van der Waals surface area (Å²) < 4.78 is 0. The zero-order chi connectivity index (χ0) is 12.0. The van der Waals surface area contributed by atoms with Gasteiger partial charge in [-0.15, -0.1) is 0 Å². The van der Waals surface area contributed by atoms with E-state index in [1.54, 1.807) is 0 Å². The number of allylic oxidation sites excluding steroid dienone is 1. The lowest BCUT2D eigenvalue weighted by Gasteiger charge is -2.25. The Balaban J connectivity index is 2.27. The average molecular weight is 223 g/mol. The summed E-state index contributed by atoms with van der Waals surface area (Å²) in [5.74, 6) is 1.34. The summed E-state index contributed by atoms with van der Waals surface area (Å²) in [6, 6.07) is 0. The Hall–Kier alpha value is -0.790. The van der Waals surface area contributed by atoms with Crippen LogP contribution in [0.15, 0.2) is 11.6 Å². The first-order valence-corrected chi connectivity index (χ1v) is 6.56. The number of amides is 1. The minimum atomic E-state index is 0.260. The molecular formula is C14H25NO. The van der Waals surface area contributed by atoms with Crippen molar-refractivity contribution >= 4 is 5.91 Å². The van der Waals surface area contributed by atoms with E-state index in [1.807, 2.05) is 0 Å². The maximum atomic E-state index is 11.9. The fourth-order valence-electron chi connectivity index (χ4n) is 2.31. The second kappa shape index (κ2) is 6.72. The second-order valence-electron chi connectivity index (χ2n) is 5.13. The quantitative estimate of drug-likeness (QED) is 0.728. The molecule has 0 radical (unpaired) electrons. The van der Waals surface area contributed by atoms with Crippen molar-refractivity contribution in [3.8, 4) is 0 Å². The van der Waals surface area contributed by atoms with Crippen molar-refractivity contribution < 1.29 is 4.79 Å². The molecule has 0 unspecified atom stereocenters. The van der Waals surface area contributed by atoms with Gasteiger partial charge in [-0.05, 0) is 44.9 Å². The number of carbonyl (C=O) groups is 1. The van der Waals surface area contributed by atoms with Gasteiger partial charge in [-0.2, -0.15) is 0 Å². The van der Waals surface area contributed by atoms with Crippen molar-refractivity contribution in [3.05, 3.63) is 11.6 Å². The first-order valence-electron chi connectivity index (χ1n) is 6.56. The van der Waals surface area contributed by atoms with Crippen LogP contribution in [-0.4, -0.2) is 12.5 Å². The molecule has 1 amide bonds. The molecule has 1 N–H and O–H groups in total. The highest BCUT2D eigenvalue weighted by atomic mass is 16.1. The van der Waals surface area contributed by atoms with Crippen molar-refractivity contribution in [2.24, 2.45) is 11.8 Å². The topological polar surface area (TPSA) is 29.1 Å². The van der Waals surface area contributed by atoms with Crippen LogP contribution in [0, 0.1) is 11.8 Å². The van der Waals surface area contributed by atoms with Crippen LogP contribution < -0.4 is 5.32 Å². The van der Waals surface area contributed by atoms with E-state index in [2.05, 4.69) is 32.2 Å². The molecule has 92 valence electrons. The van der Waals surface area contributed by atoms with Crippen molar-refractivity contribution in [3.63, 3.8) is 0 Å². The first-order chi connectivity index (χ1) is 7.63. The standard InChI is InChI=1S/C14H25NO/c1-4-5-12(3)10-15-14(16)13-8-6-11(2)7-9-13/h5,11,13H,4,6-10H2,1-3H3,(H,15,16)/b12-5-. The maximum absolute atomic E-state index is 11.9. The van der Waals surface area contributed by atoms with E-state index < -0.39 is 0 Å². The smallest absolute Gasteiger partial charge is 0.223 e. The van der Waals surface area contributed by atoms with Gasteiger partial charge in [-0.25, -0.2) is 0 Å². The number of hydrogen-bond acceptors (Lipinski definition) is 1. The van der Waals surface area contributed by atoms with E-state index in [-0.39, 0.29) is 11.8 Å². The molecule has 0 heterocycles. The van der Waals surface area contributed by atoms with Crippen LogP contribution in [-0.2, 0) is 4.79 Å². The first kappa shape index (κ1) is 13.3. The van der Waals surface area contributed by atoms with E-state index in [0.29, 0.717) is 0 Å². The lowest BCUT2D eigenvalue weighted by molar-refractivity contribution is -0.126. The summed E-state index contributed by atoms with van der Waals surface area (Å²) in [5, 5.41) is 3.04. The van der Waals surface area contributed by atoms with Gasteiger partial charge in [0.25, 0.3) is 0 Å². The van der Waals surface area contributed by atoms with Crippen LogP contribution >= 0.6 is 0 Å². The second-order valence-corrected chi connectivity index (χ2v) is 5.13. The van der Waals surface area contributed by atoms with Gasteiger partial charge in [0.15, 0.2) is 0 Å². The number of hydrogen-bond donors (Lipinski definition) is 1. The maximum Gasteiger partial charge on any atom is 0.223 e. The zero-order valence-corrected chi connectivity index (χ0v) is 10.9. The normalized spacial score (nSPS) is 26.6. The van der Waals surface area contributed by atoms with Crippen LogP contribution in [0.5, 0.6) is 0 Å². The number of rotatable bonds is 4. The predicted molar refractivity (Wildman–Crippen MR) is 68.2 cm³/mol. The molecule has 0 aromatic carbocycles. The number of carbonyl (C=O) groups excluding carboxylic acids is 1. The molecule has 1 aliphatic carbocycles. The molecular weight excluding hydrogens is 198 g/mol. The highest BCUT2D eigenvalue weighted by molar-refractivity contribution is 5.78. The molecule has 16 heavy (non-hydrogen) atoms. The van der Waals surface area contributed by atoms with Crippen LogP contribution in [0.4, 0.5) is 0 Å². The van der Waals surface area contributed by atoms with Gasteiger partial charge in [-0.3, -0.25) is 4.79 Å². The summed E-state index contributed by atoms with van der Waals surface area (Å²) in [7, 11) is 0. The Morgan fingerprint density at radius 1 is 1.31 bits per heavy atom. The van der Waals surface area contributed by atoms with Gasteiger partial charge in [0, 0.05) is 12.5 Å². The summed E-state index contributed by atoms with van der Waals surface area (Å²) >= 11 is 0. The summed E-state index contributed by atoms with van der Waals surface area (Å²) in [6.07, 6.45) is 7.78. The van der Waals surface area contributed by atoms with Crippen LogP contribution in [0.2, 0.25) is 0 Å². The van der Waals surface area contributed by atoms with E-state index in [1.165, 1.54) is 18.4 Å². The summed E-state index contributed by atoms with van der Waals surface area (Å²) in [4.78, 5) is 11.9. The van der Waals surface area contributed by atoms with Crippen LogP contribution in [0.3, 0.4) is 0 Å². The zero-order valence-electron chi connectivity index (χ0n) is 10.9. The molecule has 1 fully saturated rings. The van der Waals surface area contributed by atoms with Gasteiger partial charge in [0.05, 0.1) is 0 Å². The highest BCUT2D eigenvalue weighted by Gasteiger charge is 2.23. The predicted octanol–water partition coefficient (Wildman–Crippen LogP) is 3.29. The minimum Gasteiger partial charge on any atom is -0.352 e. The monoisotopic (exact) mass is 223 g/mol. The molecule has 0 aromatic rings. The molecule has 2 heteroatoms. The largest absolute Gasteiger partial charge is 0.352 e. The van der Waals surface area contributed by atoms with Crippen LogP contribution in [0.1, 0.15) is 52.9 Å². The molecule has 0 aliphatic heterocycles. The highest BCUT2D eigenvalue weighted by Crippen LogP contribution is 2.28. The Labute approximate surface area is 99.5 Å².